The van der Waals surface area contributed by atoms with Crippen LogP contribution in [0, 0.1) is 0 Å². The van der Waals surface area contributed by atoms with Crippen LogP contribution < -0.4 is 10.2 Å². The van der Waals surface area contributed by atoms with Crippen molar-refractivity contribution >= 4 is 11.6 Å². The van der Waals surface area contributed by atoms with Crippen molar-refractivity contribution in [2.75, 3.05) is 37.0 Å². The number of aromatic nitrogens is 1. The molecule has 2 rings (SSSR count). The molecule has 1 aliphatic heterocycles. The topological polar surface area (TPSA) is 37.4 Å². The Balaban J connectivity index is 2.10. The van der Waals surface area contributed by atoms with Crippen molar-refractivity contribution in [2.24, 2.45) is 0 Å². The van der Waals surface area contributed by atoms with Crippen molar-refractivity contribution in [3.63, 3.8) is 0 Å². The fourth-order valence-electron chi connectivity index (χ4n) is 1.91. The van der Waals surface area contributed by atoms with Crippen LogP contribution in [-0.4, -0.2) is 37.8 Å². The van der Waals surface area contributed by atoms with E-state index in [0.717, 1.165) is 37.8 Å². The number of rotatable bonds is 3. The first-order chi connectivity index (χ1) is 7.83. The van der Waals surface area contributed by atoms with E-state index in [1.165, 1.54) is 0 Å². The van der Waals surface area contributed by atoms with Gasteiger partial charge in [-0.05, 0) is 18.6 Å². The van der Waals surface area contributed by atoms with Crippen LogP contribution in [-0.2, 0) is 4.74 Å². The summed E-state index contributed by atoms with van der Waals surface area (Å²) >= 11 is 0. The third-order valence-corrected chi connectivity index (χ3v) is 2.91. The molecule has 16 heavy (non-hydrogen) atoms. The van der Waals surface area contributed by atoms with E-state index in [1.807, 2.05) is 19.2 Å². The molecule has 1 N–H and O–H groups in total. The van der Waals surface area contributed by atoms with Gasteiger partial charge in [-0.3, -0.25) is 0 Å². The minimum atomic E-state index is 0.341. The standard InChI is InChI=1S/C12H19N3O/c1-3-10-9-15(7-8-16-10)12-6-4-5-11(13-2)14-12/h4-6,10H,3,7-9H2,1-2H3,(H,13,14). The summed E-state index contributed by atoms with van der Waals surface area (Å²) in [6, 6.07) is 6.06. The lowest BCUT2D eigenvalue weighted by Gasteiger charge is -2.33. The van der Waals surface area contributed by atoms with Crippen LogP contribution >= 0.6 is 0 Å². The highest BCUT2D eigenvalue weighted by atomic mass is 16.5. The van der Waals surface area contributed by atoms with Gasteiger partial charge in [-0.15, -0.1) is 0 Å². The predicted octanol–water partition coefficient (Wildman–Crippen LogP) is 1.74. The van der Waals surface area contributed by atoms with E-state index in [1.54, 1.807) is 0 Å². The van der Waals surface area contributed by atoms with E-state index in [9.17, 15) is 0 Å². The van der Waals surface area contributed by atoms with E-state index in [2.05, 4.69) is 28.2 Å². The Morgan fingerprint density at radius 1 is 1.56 bits per heavy atom. The molecule has 1 atom stereocenters. The summed E-state index contributed by atoms with van der Waals surface area (Å²) in [5.41, 5.74) is 0. The molecule has 2 heterocycles. The second-order valence-corrected chi connectivity index (χ2v) is 3.98. The van der Waals surface area contributed by atoms with Crippen LogP contribution in [0.2, 0.25) is 0 Å². The van der Waals surface area contributed by atoms with Gasteiger partial charge in [-0.25, -0.2) is 4.98 Å². The summed E-state index contributed by atoms with van der Waals surface area (Å²) in [6.07, 6.45) is 1.40. The van der Waals surface area contributed by atoms with Crippen molar-refractivity contribution in [3.8, 4) is 0 Å². The van der Waals surface area contributed by atoms with E-state index in [4.69, 9.17) is 4.74 Å². The van der Waals surface area contributed by atoms with Gasteiger partial charge < -0.3 is 15.0 Å². The second-order valence-electron chi connectivity index (χ2n) is 3.98. The molecule has 88 valence electrons. The summed E-state index contributed by atoms with van der Waals surface area (Å²) in [5.74, 6) is 1.95. The van der Waals surface area contributed by atoms with E-state index in [0.29, 0.717) is 6.10 Å². The molecule has 0 spiro atoms. The molecule has 4 heteroatoms. The zero-order valence-corrected chi connectivity index (χ0v) is 9.94. The Hall–Kier alpha value is -1.29. The maximum atomic E-state index is 5.65. The van der Waals surface area contributed by atoms with Crippen molar-refractivity contribution in [1.29, 1.82) is 0 Å². The summed E-state index contributed by atoms with van der Waals surface area (Å²) < 4.78 is 5.65. The first-order valence-electron chi connectivity index (χ1n) is 5.85. The summed E-state index contributed by atoms with van der Waals surface area (Å²) in [4.78, 5) is 6.83. The first kappa shape index (κ1) is 11.2. The SMILES string of the molecule is CCC1CN(c2cccc(NC)n2)CCO1. The molecule has 1 unspecified atom stereocenters. The lowest BCUT2D eigenvalue weighted by atomic mass is 10.2. The molecule has 1 aromatic heterocycles. The van der Waals surface area contributed by atoms with E-state index < -0.39 is 0 Å². The molecule has 1 aliphatic rings. The van der Waals surface area contributed by atoms with Crippen molar-refractivity contribution < 1.29 is 4.74 Å². The van der Waals surface area contributed by atoms with Crippen molar-refractivity contribution in [2.45, 2.75) is 19.4 Å². The molecule has 0 radical (unpaired) electrons. The maximum absolute atomic E-state index is 5.65. The van der Waals surface area contributed by atoms with Gasteiger partial charge in [0.05, 0.1) is 12.7 Å². The van der Waals surface area contributed by atoms with Crippen LogP contribution in [0.5, 0.6) is 0 Å². The molecular formula is C12H19N3O. The van der Waals surface area contributed by atoms with Gasteiger partial charge in [0.25, 0.3) is 0 Å². The number of nitrogens with one attached hydrogen (secondary N) is 1. The number of nitrogens with zero attached hydrogens (tertiary/aromatic N) is 2. The van der Waals surface area contributed by atoms with Crippen molar-refractivity contribution in [3.05, 3.63) is 18.2 Å². The smallest absolute Gasteiger partial charge is 0.131 e. The Morgan fingerprint density at radius 2 is 2.44 bits per heavy atom. The van der Waals surface area contributed by atoms with Crippen molar-refractivity contribution in [1.82, 2.24) is 4.98 Å². The molecule has 0 amide bonds. The van der Waals surface area contributed by atoms with Gasteiger partial charge in [-0.1, -0.05) is 13.0 Å². The van der Waals surface area contributed by atoms with Crippen LogP contribution in [0.1, 0.15) is 13.3 Å². The van der Waals surface area contributed by atoms with Crippen LogP contribution in [0.25, 0.3) is 0 Å². The number of anilines is 2. The minimum Gasteiger partial charge on any atom is -0.375 e. The number of morpholine rings is 1. The summed E-state index contributed by atoms with van der Waals surface area (Å²) in [6.45, 7) is 4.82. The van der Waals surface area contributed by atoms with Crippen LogP contribution in [0.3, 0.4) is 0 Å². The third kappa shape index (κ3) is 2.44. The van der Waals surface area contributed by atoms with Gasteiger partial charge in [0.2, 0.25) is 0 Å². The number of hydrogen-bond acceptors (Lipinski definition) is 4. The average molecular weight is 221 g/mol. The highest BCUT2D eigenvalue weighted by Gasteiger charge is 2.19. The van der Waals surface area contributed by atoms with Gasteiger partial charge in [0.15, 0.2) is 0 Å². The van der Waals surface area contributed by atoms with Gasteiger partial charge in [0.1, 0.15) is 11.6 Å². The molecular weight excluding hydrogens is 202 g/mol. The zero-order chi connectivity index (χ0) is 11.4. The Morgan fingerprint density at radius 3 is 3.19 bits per heavy atom. The predicted molar refractivity (Wildman–Crippen MR) is 66.0 cm³/mol. The quantitative estimate of drug-likeness (QED) is 0.843. The van der Waals surface area contributed by atoms with E-state index >= 15 is 0 Å². The molecule has 0 aromatic carbocycles. The Labute approximate surface area is 96.6 Å². The van der Waals surface area contributed by atoms with E-state index in [-0.39, 0.29) is 0 Å². The molecule has 0 saturated carbocycles. The van der Waals surface area contributed by atoms with Gasteiger partial charge >= 0.3 is 0 Å². The third-order valence-electron chi connectivity index (χ3n) is 2.91. The molecule has 0 bridgehead atoms. The molecule has 1 fully saturated rings. The average Bonchev–Trinajstić information content (AvgIpc) is 2.39. The molecule has 4 nitrogen and oxygen atoms in total. The zero-order valence-electron chi connectivity index (χ0n) is 9.94. The number of hydrogen-bond donors (Lipinski definition) is 1. The normalized spacial score (nSPS) is 20.9. The number of ether oxygens (including phenoxy) is 1. The Kier molecular flexibility index (Phi) is 3.62. The molecule has 1 aromatic rings. The first-order valence-corrected chi connectivity index (χ1v) is 5.85. The summed E-state index contributed by atoms with van der Waals surface area (Å²) in [7, 11) is 1.89. The lowest BCUT2D eigenvalue weighted by Crippen LogP contribution is -2.42. The molecule has 0 aliphatic carbocycles. The second kappa shape index (κ2) is 5.16. The highest BCUT2D eigenvalue weighted by Crippen LogP contribution is 2.18. The monoisotopic (exact) mass is 221 g/mol. The minimum absolute atomic E-state index is 0.341. The highest BCUT2D eigenvalue weighted by molar-refractivity contribution is 5.47. The van der Waals surface area contributed by atoms with Gasteiger partial charge in [-0.2, -0.15) is 0 Å². The maximum Gasteiger partial charge on any atom is 0.131 e. The largest absolute Gasteiger partial charge is 0.375 e. The fraction of sp³-hybridized carbons (Fsp3) is 0.583. The lowest BCUT2D eigenvalue weighted by molar-refractivity contribution is 0.0382. The Bertz CT molecular complexity index is 343. The summed E-state index contributed by atoms with van der Waals surface area (Å²) in [5, 5.41) is 3.06. The van der Waals surface area contributed by atoms with Gasteiger partial charge in [0, 0.05) is 20.1 Å². The fourth-order valence-corrected chi connectivity index (χ4v) is 1.91. The van der Waals surface area contributed by atoms with Crippen LogP contribution in [0.4, 0.5) is 11.6 Å². The van der Waals surface area contributed by atoms with Crippen LogP contribution in [0.15, 0.2) is 18.2 Å². The molecule has 1 saturated heterocycles. The number of pyridine rings is 1.